The molecule has 2 aromatic rings. The Labute approximate surface area is 180 Å². The summed E-state index contributed by atoms with van der Waals surface area (Å²) in [5.74, 6) is 7.18. The highest BCUT2D eigenvalue weighted by Gasteiger charge is 2.33. The number of aromatic nitrogens is 2. The molecule has 0 aliphatic heterocycles. The van der Waals surface area contributed by atoms with Crippen LogP contribution < -0.4 is 10.6 Å². The molecule has 0 radical (unpaired) electrons. The molecule has 0 saturated heterocycles. The lowest BCUT2D eigenvalue weighted by atomic mass is 9.82. The fraction of sp³-hybridized carbons (Fsp3) is 0.478. The molecule has 0 spiro atoms. The molecule has 2 heterocycles. The molecule has 6 nitrogen and oxygen atoms in total. The lowest BCUT2D eigenvalue weighted by Gasteiger charge is -2.33. The quantitative estimate of drug-likeness (QED) is 0.730. The maximum Gasteiger partial charge on any atom is 0.264 e. The minimum absolute atomic E-state index is 0.0406. The number of nitrogens with zero attached hydrogens (tertiary/aromatic N) is 2. The van der Waals surface area contributed by atoms with Crippen LogP contribution in [0.1, 0.15) is 70.9 Å². The Morgan fingerprint density at radius 3 is 2.53 bits per heavy atom. The zero-order valence-electron chi connectivity index (χ0n) is 17.4. The molecule has 2 aliphatic carbocycles. The van der Waals surface area contributed by atoms with Crippen LogP contribution >= 0.6 is 11.3 Å². The highest BCUT2D eigenvalue weighted by Crippen LogP contribution is 2.30. The van der Waals surface area contributed by atoms with Gasteiger partial charge in [0, 0.05) is 17.7 Å². The van der Waals surface area contributed by atoms with E-state index in [4.69, 9.17) is 0 Å². The minimum Gasteiger partial charge on any atom is -0.335 e. The van der Waals surface area contributed by atoms with Crippen LogP contribution in [-0.4, -0.2) is 27.3 Å². The molecule has 2 aliphatic rings. The third kappa shape index (κ3) is 4.88. The molecule has 4 rings (SSSR count). The lowest BCUT2D eigenvalue weighted by Crippen LogP contribution is -2.48. The molecule has 2 saturated carbocycles. The average molecular weight is 423 g/mol. The van der Waals surface area contributed by atoms with Crippen molar-refractivity contribution in [1.82, 2.24) is 15.3 Å². The number of amides is 2. The predicted molar refractivity (Wildman–Crippen MR) is 117 cm³/mol. The first-order chi connectivity index (χ1) is 14.4. The molecule has 7 heteroatoms. The molecule has 30 heavy (non-hydrogen) atoms. The van der Waals surface area contributed by atoms with Crippen LogP contribution in [0.4, 0.5) is 5.82 Å². The van der Waals surface area contributed by atoms with Gasteiger partial charge in [0.1, 0.15) is 16.2 Å². The van der Waals surface area contributed by atoms with Gasteiger partial charge in [0.25, 0.3) is 5.91 Å². The van der Waals surface area contributed by atoms with Crippen molar-refractivity contribution in [3.8, 4) is 11.8 Å². The van der Waals surface area contributed by atoms with E-state index in [1.807, 2.05) is 19.9 Å². The number of anilines is 1. The van der Waals surface area contributed by atoms with Crippen molar-refractivity contribution in [1.29, 1.82) is 0 Å². The van der Waals surface area contributed by atoms with E-state index in [0.717, 1.165) is 61.2 Å². The zero-order valence-corrected chi connectivity index (χ0v) is 18.2. The second-order valence-electron chi connectivity index (χ2n) is 8.19. The fourth-order valence-corrected chi connectivity index (χ4v) is 4.58. The molecule has 2 aromatic heterocycles. The molecule has 0 unspecified atom stereocenters. The first-order valence-electron chi connectivity index (χ1n) is 10.5. The van der Waals surface area contributed by atoms with Gasteiger partial charge in [0.05, 0.1) is 10.7 Å². The van der Waals surface area contributed by atoms with Gasteiger partial charge in [0.2, 0.25) is 5.91 Å². The number of carbonyl (C=O) groups excluding carboxylic acids is 2. The first-order valence-corrected chi connectivity index (χ1v) is 11.3. The van der Waals surface area contributed by atoms with Crippen molar-refractivity contribution in [3.05, 3.63) is 39.5 Å². The van der Waals surface area contributed by atoms with Gasteiger partial charge in [-0.2, -0.15) is 0 Å². The number of hydrogen-bond donors (Lipinski definition) is 2. The number of hydrogen-bond acceptors (Lipinski definition) is 5. The predicted octanol–water partition coefficient (Wildman–Crippen LogP) is 3.99. The van der Waals surface area contributed by atoms with Gasteiger partial charge < -0.3 is 10.6 Å². The topological polar surface area (TPSA) is 84.0 Å². The maximum atomic E-state index is 12.9. The van der Waals surface area contributed by atoms with E-state index >= 15 is 0 Å². The van der Waals surface area contributed by atoms with E-state index < -0.39 is 5.54 Å². The van der Waals surface area contributed by atoms with Gasteiger partial charge in [-0.15, -0.1) is 11.3 Å². The summed E-state index contributed by atoms with van der Waals surface area (Å²) in [5, 5.41) is 6.94. The van der Waals surface area contributed by atoms with E-state index in [1.54, 1.807) is 12.3 Å². The Balaban J connectivity index is 1.49. The van der Waals surface area contributed by atoms with Crippen LogP contribution in [0.2, 0.25) is 0 Å². The second-order valence-corrected chi connectivity index (χ2v) is 9.39. The SMILES string of the molecule is Cc1nc(C)c(C(=O)NC2(C#Cc3ccc(NC(=O)C4CC4)nc3)CCCCC2)s1. The molecular formula is C23H26N4O2S. The largest absolute Gasteiger partial charge is 0.335 e. The Hall–Kier alpha value is -2.72. The summed E-state index contributed by atoms with van der Waals surface area (Å²) in [6.45, 7) is 3.78. The van der Waals surface area contributed by atoms with Crippen LogP contribution in [-0.2, 0) is 4.79 Å². The third-order valence-electron chi connectivity index (χ3n) is 5.58. The molecular weight excluding hydrogens is 396 g/mol. The van der Waals surface area contributed by atoms with Crippen LogP contribution in [0, 0.1) is 31.6 Å². The van der Waals surface area contributed by atoms with E-state index in [9.17, 15) is 9.59 Å². The number of aryl methyl sites for hydroxylation is 2. The van der Waals surface area contributed by atoms with Crippen LogP contribution in [0.3, 0.4) is 0 Å². The number of nitrogens with one attached hydrogen (secondary N) is 2. The summed E-state index contributed by atoms with van der Waals surface area (Å²) in [7, 11) is 0. The summed E-state index contributed by atoms with van der Waals surface area (Å²) in [4.78, 5) is 34.1. The number of thiazole rings is 1. The number of rotatable bonds is 4. The van der Waals surface area contributed by atoms with Crippen LogP contribution in [0.5, 0.6) is 0 Å². The van der Waals surface area contributed by atoms with Crippen molar-refractivity contribution in [2.75, 3.05) is 5.32 Å². The van der Waals surface area contributed by atoms with Crippen molar-refractivity contribution in [2.24, 2.45) is 5.92 Å². The molecule has 0 atom stereocenters. The maximum absolute atomic E-state index is 12.9. The van der Waals surface area contributed by atoms with Crippen molar-refractivity contribution >= 4 is 29.0 Å². The van der Waals surface area contributed by atoms with Crippen molar-refractivity contribution in [3.63, 3.8) is 0 Å². The molecule has 2 amide bonds. The summed E-state index contributed by atoms with van der Waals surface area (Å²) < 4.78 is 0. The van der Waals surface area contributed by atoms with Crippen LogP contribution in [0.25, 0.3) is 0 Å². The number of pyridine rings is 1. The molecule has 2 N–H and O–H groups in total. The second kappa shape index (κ2) is 8.57. The van der Waals surface area contributed by atoms with Gasteiger partial charge >= 0.3 is 0 Å². The third-order valence-corrected chi connectivity index (χ3v) is 6.65. The van der Waals surface area contributed by atoms with E-state index in [2.05, 4.69) is 32.4 Å². The van der Waals surface area contributed by atoms with Crippen molar-refractivity contribution in [2.45, 2.75) is 64.3 Å². The van der Waals surface area contributed by atoms with Gasteiger partial charge in [0.15, 0.2) is 0 Å². The lowest BCUT2D eigenvalue weighted by molar-refractivity contribution is -0.117. The Morgan fingerprint density at radius 2 is 1.93 bits per heavy atom. The molecule has 0 bridgehead atoms. The Morgan fingerprint density at radius 1 is 1.17 bits per heavy atom. The van der Waals surface area contributed by atoms with Crippen LogP contribution in [0.15, 0.2) is 18.3 Å². The van der Waals surface area contributed by atoms with Gasteiger partial charge in [-0.3, -0.25) is 9.59 Å². The number of carbonyl (C=O) groups is 2. The first kappa shape index (κ1) is 20.5. The summed E-state index contributed by atoms with van der Waals surface area (Å²) >= 11 is 1.42. The summed E-state index contributed by atoms with van der Waals surface area (Å²) in [6.07, 6.45) is 8.52. The van der Waals surface area contributed by atoms with Gasteiger partial charge in [-0.1, -0.05) is 31.1 Å². The van der Waals surface area contributed by atoms with Gasteiger partial charge in [-0.25, -0.2) is 9.97 Å². The van der Waals surface area contributed by atoms with Crippen molar-refractivity contribution < 1.29 is 9.59 Å². The normalized spacial score (nSPS) is 17.5. The highest BCUT2D eigenvalue weighted by molar-refractivity contribution is 7.13. The molecule has 0 aromatic carbocycles. The van der Waals surface area contributed by atoms with Gasteiger partial charge in [-0.05, 0) is 51.7 Å². The van der Waals surface area contributed by atoms with E-state index in [-0.39, 0.29) is 17.7 Å². The highest BCUT2D eigenvalue weighted by atomic mass is 32.1. The standard InChI is InChI=1S/C23H26N4O2S/c1-15-20(30-16(2)25-15)22(29)27-23(11-4-3-5-12-23)13-10-17-6-9-19(24-14-17)26-21(28)18-7-8-18/h6,9,14,18H,3-5,7-8,11-12H2,1-2H3,(H,27,29)(H,24,26,28). The van der Waals surface area contributed by atoms with E-state index in [1.165, 1.54) is 11.3 Å². The summed E-state index contributed by atoms with van der Waals surface area (Å²) in [5.41, 5.74) is 1.00. The molecule has 2 fully saturated rings. The van der Waals surface area contributed by atoms with E-state index in [0.29, 0.717) is 10.7 Å². The average Bonchev–Trinajstić information content (AvgIpc) is 3.52. The summed E-state index contributed by atoms with van der Waals surface area (Å²) in [6, 6.07) is 3.64. The zero-order chi connectivity index (χ0) is 21.1. The smallest absolute Gasteiger partial charge is 0.264 e. The molecule has 156 valence electrons. The Kier molecular flexibility index (Phi) is 5.87. The minimum atomic E-state index is -0.529. The monoisotopic (exact) mass is 422 g/mol. The fourth-order valence-electron chi connectivity index (χ4n) is 3.76. The Bertz CT molecular complexity index is 1010.